The zero-order valence-electron chi connectivity index (χ0n) is 7.94. The quantitative estimate of drug-likeness (QED) is 0.688. The molecule has 0 radical (unpaired) electrons. The summed E-state index contributed by atoms with van der Waals surface area (Å²) < 4.78 is 0. The van der Waals surface area contributed by atoms with Crippen LogP contribution in [0.2, 0.25) is 0 Å². The summed E-state index contributed by atoms with van der Waals surface area (Å²) in [4.78, 5) is 16.4. The van der Waals surface area contributed by atoms with Gasteiger partial charge in [0.05, 0.1) is 11.7 Å². The van der Waals surface area contributed by atoms with Crippen molar-refractivity contribution in [3.63, 3.8) is 0 Å². The number of carbonyl (C=O) groups excluding carboxylic acids is 1. The Morgan fingerprint density at radius 1 is 1.64 bits per heavy atom. The maximum absolute atomic E-state index is 11.8. The average Bonchev–Trinajstić information content (AvgIpc) is 2.69. The molecular weight excluding hydrogens is 180 g/mol. The summed E-state index contributed by atoms with van der Waals surface area (Å²) in [6.45, 7) is 1.21. The first-order chi connectivity index (χ1) is 6.77. The fraction of sp³-hybridized carbons (Fsp3) is 0.500. The highest BCUT2D eigenvalue weighted by Gasteiger charge is 2.22. The number of likely N-dealkylation sites (tertiary alicyclic amines) is 1. The van der Waals surface area contributed by atoms with Gasteiger partial charge in [-0.3, -0.25) is 4.79 Å². The Morgan fingerprint density at radius 2 is 2.50 bits per heavy atom. The Labute approximate surface area is 82.5 Å². The van der Waals surface area contributed by atoms with Crippen molar-refractivity contribution < 1.29 is 9.90 Å². The number of aromatic amines is 1. The van der Waals surface area contributed by atoms with Crippen LogP contribution < -0.4 is 0 Å². The van der Waals surface area contributed by atoms with Gasteiger partial charge in [-0.2, -0.15) is 0 Å². The summed E-state index contributed by atoms with van der Waals surface area (Å²) >= 11 is 0. The minimum atomic E-state index is -0.355. The molecule has 1 unspecified atom stereocenters. The van der Waals surface area contributed by atoms with Gasteiger partial charge in [-0.05, 0) is 18.9 Å². The third-order valence-corrected chi connectivity index (χ3v) is 2.53. The molecule has 1 aliphatic heterocycles. The van der Waals surface area contributed by atoms with E-state index < -0.39 is 0 Å². The van der Waals surface area contributed by atoms with Crippen LogP contribution in [0.25, 0.3) is 0 Å². The SMILES string of the molecule is O=C(c1cc[nH]c1)N1CCCC(O)C1. The first kappa shape index (κ1) is 9.27. The Bertz CT molecular complexity index is 308. The highest BCUT2D eigenvalue weighted by Crippen LogP contribution is 2.13. The second-order valence-electron chi connectivity index (χ2n) is 3.65. The topological polar surface area (TPSA) is 56.3 Å². The number of amides is 1. The molecule has 2 heterocycles. The molecule has 0 aliphatic carbocycles. The Kier molecular flexibility index (Phi) is 2.54. The van der Waals surface area contributed by atoms with E-state index in [9.17, 15) is 9.90 Å². The zero-order valence-corrected chi connectivity index (χ0v) is 7.94. The summed E-state index contributed by atoms with van der Waals surface area (Å²) in [5.41, 5.74) is 0.666. The van der Waals surface area contributed by atoms with Crippen molar-refractivity contribution in [3.8, 4) is 0 Å². The number of hydrogen-bond acceptors (Lipinski definition) is 2. The fourth-order valence-corrected chi connectivity index (χ4v) is 1.78. The Morgan fingerprint density at radius 3 is 3.14 bits per heavy atom. The van der Waals surface area contributed by atoms with Gasteiger partial charge in [-0.1, -0.05) is 0 Å². The summed E-state index contributed by atoms with van der Waals surface area (Å²) in [7, 11) is 0. The van der Waals surface area contributed by atoms with Crippen LogP contribution in [-0.2, 0) is 0 Å². The lowest BCUT2D eigenvalue weighted by molar-refractivity contribution is 0.0474. The normalized spacial score (nSPS) is 22.4. The summed E-state index contributed by atoms with van der Waals surface area (Å²) in [5, 5.41) is 9.42. The zero-order chi connectivity index (χ0) is 9.97. The number of aromatic nitrogens is 1. The number of piperidine rings is 1. The minimum Gasteiger partial charge on any atom is -0.391 e. The predicted molar refractivity (Wildman–Crippen MR) is 51.9 cm³/mol. The Balaban J connectivity index is 2.04. The molecule has 1 aliphatic rings. The number of H-pyrrole nitrogens is 1. The number of aliphatic hydroxyl groups is 1. The molecule has 1 aromatic heterocycles. The molecule has 0 saturated carbocycles. The van der Waals surface area contributed by atoms with E-state index in [1.54, 1.807) is 23.4 Å². The van der Waals surface area contributed by atoms with Crippen molar-refractivity contribution in [2.45, 2.75) is 18.9 Å². The molecule has 1 aromatic rings. The number of nitrogens with one attached hydrogen (secondary N) is 1. The van der Waals surface area contributed by atoms with Crippen molar-refractivity contribution in [1.29, 1.82) is 0 Å². The molecule has 14 heavy (non-hydrogen) atoms. The fourth-order valence-electron chi connectivity index (χ4n) is 1.78. The number of nitrogens with zero attached hydrogens (tertiary/aromatic N) is 1. The van der Waals surface area contributed by atoms with Crippen LogP contribution in [0.3, 0.4) is 0 Å². The first-order valence-electron chi connectivity index (χ1n) is 4.87. The van der Waals surface area contributed by atoms with Crippen molar-refractivity contribution in [3.05, 3.63) is 24.0 Å². The molecule has 4 nitrogen and oxygen atoms in total. The monoisotopic (exact) mass is 194 g/mol. The lowest BCUT2D eigenvalue weighted by Crippen LogP contribution is -2.42. The highest BCUT2D eigenvalue weighted by molar-refractivity contribution is 5.94. The van der Waals surface area contributed by atoms with Crippen LogP contribution in [-0.4, -0.2) is 40.1 Å². The van der Waals surface area contributed by atoms with Crippen molar-refractivity contribution >= 4 is 5.91 Å². The van der Waals surface area contributed by atoms with E-state index in [2.05, 4.69) is 4.98 Å². The standard InChI is InChI=1S/C10H14N2O2/c13-9-2-1-5-12(7-9)10(14)8-3-4-11-6-8/h3-4,6,9,11,13H,1-2,5,7H2. The second kappa shape index (κ2) is 3.84. The van der Waals surface area contributed by atoms with Gasteiger partial charge in [0.25, 0.3) is 5.91 Å². The van der Waals surface area contributed by atoms with E-state index >= 15 is 0 Å². The maximum atomic E-state index is 11.8. The van der Waals surface area contributed by atoms with Crippen LogP contribution >= 0.6 is 0 Å². The lowest BCUT2D eigenvalue weighted by Gasteiger charge is -2.29. The molecule has 76 valence electrons. The van der Waals surface area contributed by atoms with E-state index in [1.165, 1.54) is 0 Å². The number of β-amino-alcohol motifs (C(OH)–C–C–N with tert-alkyl or cyclic N) is 1. The van der Waals surface area contributed by atoms with Gasteiger partial charge >= 0.3 is 0 Å². The molecule has 1 fully saturated rings. The number of aliphatic hydroxyl groups excluding tert-OH is 1. The van der Waals surface area contributed by atoms with Gasteiger partial charge in [0.2, 0.25) is 0 Å². The predicted octanol–water partition coefficient (Wildman–Crippen LogP) is 0.612. The van der Waals surface area contributed by atoms with Gasteiger partial charge in [-0.15, -0.1) is 0 Å². The van der Waals surface area contributed by atoms with Gasteiger partial charge in [0, 0.05) is 25.5 Å². The van der Waals surface area contributed by atoms with E-state index in [1.807, 2.05) is 0 Å². The summed E-state index contributed by atoms with van der Waals surface area (Å²) in [6, 6.07) is 1.75. The lowest BCUT2D eigenvalue weighted by atomic mass is 10.1. The molecule has 2 rings (SSSR count). The van der Waals surface area contributed by atoms with E-state index in [4.69, 9.17) is 0 Å². The van der Waals surface area contributed by atoms with Gasteiger partial charge in [-0.25, -0.2) is 0 Å². The van der Waals surface area contributed by atoms with Crippen LogP contribution in [0.5, 0.6) is 0 Å². The third-order valence-electron chi connectivity index (χ3n) is 2.53. The molecule has 0 spiro atoms. The third kappa shape index (κ3) is 1.80. The molecule has 4 heteroatoms. The van der Waals surface area contributed by atoms with Crippen molar-refractivity contribution in [1.82, 2.24) is 9.88 Å². The summed E-state index contributed by atoms with van der Waals surface area (Å²) in [6.07, 6.45) is 4.75. The van der Waals surface area contributed by atoms with Gasteiger partial charge in [0.15, 0.2) is 0 Å². The average molecular weight is 194 g/mol. The van der Waals surface area contributed by atoms with Crippen LogP contribution in [0.15, 0.2) is 18.5 Å². The van der Waals surface area contributed by atoms with Crippen LogP contribution in [0.4, 0.5) is 0 Å². The smallest absolute Gasteiger partial charge is 0.255 e. The maximum Gasteiger partial charge on any atom is 0.255 e. The molecule has 2 N–H and O–H groups in total. The number of hydrogen-bond donors (Lipinski definition) is 2. The number of rotatable bonds is 1. The van der Waals surface area contributed by atoms with E-state index in [0.29, 0.717) is 12.1 Å². The molecule has 0 bridgehead atoms. The van der Waals surface area contributed by atoms with Crippen molar-refractivity contribution in [2.75, 3.05) is 13.1 Å². The second-order valence-corrected chi connectivity index (χ2v) is 3.65. The van der Waals surface area contributed by atoms with Crippen LogP contribution in [0.1, 0.15) is 23.2 Å². The van der Waals surface area contributed by atoms with Gasteiger partial charge < -0.3 is 15.0 Å². The van der Waals surface area contributed by atoms with Crippen LogP contribution in [0, 0.1) is 0 Å². The largest absolute Gasteiger partial charge is 0.391 e. The van der Waals surface area contributed by atoms with Crippen molar-refractivity contribution in [2.24, 2.45) is 0 Å². The molecule has 1 atom stereocenters. The van der Waals surface area contributed by atoms with Gasteiger partial charge in [0.1, 0.15) is 0 Å². The molecule has 1 amide bonds. The van der Waals surface area contributed by atoms with E-state index in [-0.39, 0.29) is 12.0 Å². The molecule has 0 aromatic carbocycles. The Hall–Kier alpha value is -1.29. The number of carbonyl (C=O) groups is 1. The highest BCUT2D eigenvalue weighted by atomic mass is 16.3. The molecular formula is C10H14N2O2. The first-order valence-corrected chi connectivity index (χ1v) is 4.87. The van der Waals surface area contributed by atoms with E-state index in [0.717, 1.165) is 19.4 Å². The minimum absolute atomic E-state index is 0.00463. The summed E-state index contributed by atoms with van der Waals surface area (Å²) in [5.74, 6) is 0.00463. The molecule has 1 saturated heterocycles.